The normalized spacial score (nSPS) is 14.8. The summed E-state index contributed by atoms with van der Waals surface area (Å²) in [7, 11) is 1.63. The Morgan fingerprint density at radius 1 is 1.23 bits per heavy atom. The number of nitrogens with one attached hydrogen (secondary N) is 2. The second-order valence-corrected chi connectivity index (χ2v) is 5.54. The number of carbonyl (C=O) groups is 1. The number of carbonyl (C=O) groups excluding carboxylic acids is 1. The third-order valence-corrected chi connectivity index (χ3v) is 4.00. The number of aliphatic hydroxyl groups is 1. The predicted octanol–water partition coefficient (Wildman–Crippen LogP) is 2.85. The molecule has 0 saturated carbocycles. The largest absolute Gasteiger partial charge is 0.497 e. The van der Waals surface area contributed by atoms with Crippen LogP contribution in [-0.2, 0) is 0 Å². The lowest BCUT2D eigenvalue weighted by atomic mass is 10.0. The number of rotatable bonds is 8. The first-order valence-electron chi connectivity index (χ1n) is 7.88. The van der Waals surface area contributed by atoms with Crippen molar-refractivity contribution in [3.05, 3.63) is 29.8 Å². The van der Waals surface area contributed by atoms with Gasteiger partial charge in [0.05, 0.1) is 19.3 Å². The Labute approximate surface area is 133 Å². The molecule has 0 aromatic heterocycles. The summed E-state index contributed by atoms with van der Waals surface area (Å²) < 4.78 is 5.13. The highest BCUT2D eigenvalue weighted by Crippen LogP contribution is 2.19. The first-order chi connectivity index (χ1) is 10.5. The Hall–Kier alpha value is -1.75. The van der Waals surface area contributed by atoms with Crippen LogP contribution in [0.4, 0.5) is 4.79 Å². The highest BCUT2D eigenvalue weighted by atomic mass is 16.5. The van der Waals surface area contributed by atoms with Crippen molar-refractivity contribution in [3.63, 3.8) is 0 Å². The molecule has 0 heterocycles. The van der Waals surface area contributed by atoms with Crippen LogP contribution in [0.2, 0.25) is 0 Å². The molecule has 0 aliphatic rings. The van der Waals surface area contributed by atoms with Crippen LogP contribution in [0.5, 0.6) is 5.75 Å². The van der Waals surface area contributed by atoms with E-state index in [1.54, 1.807) is 7.11 Å². The Balaban J connectivity index is 2.52. The van der Waals surface area contributed by atoms with Gasteiger partial charge in [-0.05, 0) is 30.0 Å². The third kappa shape index (κ3) is 5.56. The molecule has 3 unspecified atom stereocenters. The summed E-state index contributed by atoms with van der Waals surface area (Å²) >= 11 is 0. The molecule has 3 atom stereocenters. The standard InChI is InChI=1S/C17H28N2O3/c1-5-12(3)16(20)11-18-17(21)19-15(6-2)13-7-9-14(22-4)10-8-13/h7-10,12,15-16,20H,5-6,11H2,1-4H3,(H2,18,19,21). The van der Waals surface area contributed by atoms with E-state index in [1.165, 1.54) is 0 Å². The van der Waals surface area contributed by atoms with Crippen LogP contribution in [0.25, 0.3) is 0 Å². The predicted molar refractivity (Wildman–Crippen MR) is 88.0 cm³/mol. The molecule has 1 aromatic rings. The highest BCUT2D eigenvalue weighted by Gasteiger charge is 2.16. The van der Waals surface area contributed by atoms with Gasteiger partial charge in [-0.2, -0.15) is 0 Å². The lowest BCUT2D eigenvalue weighted by Gasteiger charge is -2.21. The van der Waals surface area contributed by atoms with E-state index in [-0.39, 0.29) is 24.5 Å². The molecule has 3 N–H and O–H groups in total. The fraction of sp³-hybridized carbons (Fsp3) is 0.588. The molecule has 2 amide bonds. The molecule has 124 valence electrons. The Morgan fingerprint density at radius 3 is 2.36 bits per heavy atom. The van der Waals surface area contributed by atoms with Crippen LogP contribution in [-0.4, -0.2) is 30.9 Å². The van der Waals surface area contributed by atoms with Gasteiger partial charge >= 0.3 is 6.03 Å². The SMILES string of the molecule is CCC(NC(=O)NCC(O)C(C)CC)c1ccc(OC)cc1. The van der Waals surface area contributed by atoms with Gasteiger partial charge in [-0.15, -0.1) is 0 Å². The topological polar surface area (TPSA) is 70.6 Å². The van der Waals surface area contributed by atoms with Crippen molar-refractivity contribution in [2.75, 3.05) is 13.7 Å². The molecule has 0 fully saturated rings. The van der Waals surface area contributed by atoms with Crippen LogP contribution >= 0.6 is 0 Å². The van der Waals surface area contributed by atoms with E-state index in [2.05, 4.69) is 10.6 Å². The zero-order chi connectivity index (χ0) is 16.5. The van der Waals surface area contributed by atoms with E-state index in [4.69, 9.17) is 4.74 Å². The van der Waals surface area contributed by atoms with Crippen molar-refractivity contribution >= 4 is 6.03 Å². The smallest absolute Gasteiger partial charge is 0.315 e. The van der Waals surface area contributed by atoms with E-state index < -0.39 is 6.10 Å². The second-order valence-electron chi connectivity index (χ2n) is 5.54. The summed E-state index contributed by atoms with van der Waals surface area (Å²) in [4.78, 5) is 12.0. The average molecular weight is 308 g/mol. The summed E-state index contributed by atoms with van der Waals surface area (Å²) in [5, 5.41) is 15.5. The van der Waals surface area contributed by atoms with Gasteiger partial charge in [0.15, 0.2) is 0 Å². The molecule has 0 saturated heterocycles. The quantitative estimate of drug-likeness (QED) is 0.691. The maximum atomic E-state index is 12.0. The van der Waals surface area contributed by atoms with Crippen LogP contribution in [0, 0.1) is 5.92 Å². The lowest BCUT2D eigenvalue weighted by Crippen LogP contribution is -2.42. The van der Waals surface area contributed by atoms with Crippen molar-refractivity contribution in [1.29, 1.82) is 0 Å². The number of urea groups is 1. The maximum Gasteiger partial charge on any atom is 0.315 e. The molecule has 0 aliphatic heterocycles. The molecule has 5 nitrogen and oxygen atoms in total. The molecular formula is C17H28N2O3. The van der Waals surface area contributed by atoms with E-state index >= 15 is 0 Å². The molecule has 0 bridgehead atoms. The van der Waals surface area contributed by atoms with Gasteiger partial charge in [0.2, 0.25) is 0 Å². The molecule has 1 rings (SSSR count). The van der Waals surface area contributed by atoms with E-state index in [0.29, 0.717) is 0 Å². The Morgan fingerprint density at radius 2 is 1.86 bits per heavy atom. The van der Waals surface area contributed by atoms with Crippen molar-refractivity contribution in [3.8, 4) is 5.75 Å². The molecule has 22 heavy (non-hydrogen) atoms. The van der Waals surface area contributed by atoms with Gasteiger partial charge in [-0.1, -0.05) is 39.3 Å². The number of benzene rings is 1. The van der Waals surface area contributed by atoms with Gasteiger partial charge in [-0.3, -0.25) is 0 Å². The Bertz CT molecular complexity index is 448. The fourth-order valence-corrected chi connectivity index (χ4v) is 2.14. The minimum Gasteiger partial charge on any atom is -0.497 e. The van der Waals surface area contributed by atoms with E-state index in [9.17, 15) is 9.90 Å². The van der Waals surface area contributed by atoms with Crippen LogP contribution < -0.4 is 15.4 Å². The van der Waals surface area contributed by atoms with Gasteiger partial charge < -0.3 is 20.5 Å². The number of hydrogen-bond acceptors (Lipinski definition) is 3. The minimum absolute atomic E-state index is 0.0633. The number of ether oxygens (including phenoxy) is 1. The molecule has 0 aliphatic carbocycles. The minimum atomic E-state index is -0.517. The zero-order valence-corrected chi connectivity index (χ0v) is 13.9. The number of methoxy groups -OCH3 is 1. The summed E-state index contributed by atoms with van der Waals surface area (Å²) in [5.41, 5.74) is 1.03. The summed E-state index contributed by atoms with van der Waals surface area (Å²) in [6.07, 6.45) is 1.15. The highest BCUT2D eigenvalue weighted by molar-refractivity contribution is 5.74. The van der Waals surface area contributed by atoms with Gasteiger partial charge in [0.1, 0.15) is 5.75 Å². The number of amides is 2. The first kappa shape index (κ1) is 18.3. The average Bonchev–Trinajstić information content (AvgIpc) is 2.56. The first-order valence-corrected chi connectivity index (χ1v) is 7.88. The monoisotopic (exact) mass is 308 g/mol. The summed E-state index contributed by atoms with van der Waals surface area (Å²) in [6, 6.07) is 7.33. The number of hydrogen-bond donors (Lipinski definition) is 3. The molecule has 1 aromatic carbocycles. The van der Waals surface area contributed by atoms with Crippen LogP contribution in [0.1, 0.15) is 45.2 Å². The maximum absolute atomic E-state index is 12.0. The zero-order valence-electron chi connectivity index (χ0n) is 13.9. The molecule has 0 radical (unpaired) electrons. The second kappa shape index (κ2) is 9.30. The van der Waals surface area contributed by atoms with E-state index in [0.717, 1.165) is 24.2 Å². The van der Waals surface area contributed by atoms with Crippen molar-refractivity contribution in [2.45, 2.75) is 45.8 Å². The Kier molecular flexibility index (Phi) is 7.74. The number of aliphatic hydroxyl groups excluding tert-OH is 1. The molecule has 5 heteroatoms. The molecule has 0 spiro atoms. The van der Waals surface area contributed by atoms with Crippen molar-refractivity contribution < 1.29 is 14.6 Å². The van der Waals surface area contributed by atoms with Crippen LogP contribution in [0.3, 0.4) is 0 Å². The molecular weight excluding hydrogens is 280 g/mol. The van der Waals surface area contributed by atoms with Crippen LogP contribution in [0.15, 0.2) is 24.3 Å². The van der Waals surface area contributed by atoms with Gasteiger partial charge in [0.25, 0.3) is 0 Å². The fourth-order valence-electron chi connectivity index (χ4n) is 2.14. The van der Waals surface area contributed by atoms with Crippen molar-refractivity contribution in [2.24, 2.45) is 5.92 Å². The summed E-state index contributed by atoms with van der Waals surface area (Å²) in [6.45, 7) is 6.27. The van der Waals surface area contributed by atoms with Gasteiger partial charge in [-0.25, -0.2) is 4.79 Å². The van der Waals surface area contributed by atoms with Gasteiger partial charge in [0, 0.05) is 6.54 Å². The van der Waals surface area contributed by atoms with E-state index in [1.807, 2.05) is 45.0 Å². The third-order valence-electron chi connectivity index (χ3n) is 4.00. The van der Waals surface area contributed by atoms with Crippen molar-refractivity contribution in [1.82, 2.24) is 10.6 Å². The lowest BCUT2D eigenvalue weighted by molar-refractivity contribution is 0.114. The summed E-state index contributed by atoms with van der Waals surface area (Å²) in [5.74, 6) is 0.962.